The van der Waals surface area contributed by atoms with Crippen LogP contribution in [0, 0.1) is 0 Å². The van der Waals surface area contributed by atoms with Crippen molar-refractivity contribution in [3.63, 3.8) is 0 Å². The number of nitrogens with two attached hydrogens (primary N) is 1. The first-order chi connectivity index (χ1) is 4.29. The molecule has 1 aliphatic rings. The summed E-state index contributed by atoms with van der Waals surface area (Å²) in [6.45, 7) is 0.750. The van der Waals surface area contributed by atoms with Gasteiger partial charge in [0, 0.05) is 19.0 Å². The first-order valence-electron chi connectivity index (χ1n) is 3.31. The van der Waals surface area contributed by atoms with Crippen molar-refractivity contribution in [2.75, 3.05) is 6.54 Å². The summed E-state index contributed by atoms with van der Waals surface area (Å²) in [5.74, 6) is 0.142. The maximum atomic E-state index is 10.7. The van der Waals surface area contributed by atoms with Gasteiger partial charge in [0.05, 0.1) is 0 Å². The lowest BCUT2D eigenvalue weighted by Crippen LogP contribution is -2.23. The third kappa shape index (κ3) is 2.01. The van der Waals surface area contributed by atoms with E-state index in [1.54, 1.807) is 0 Å². The maximum absolute atomic E-state index is 10.7. The van der Waals surface area contributed by atoms with Crippen LogP contribution in [0.2, 0.25) is 0 Å². The Morgan fingerprint density at radius 2 is 2.33 bits per heavy atom. The van der Waals surface area contributed by atoms with Crippen LogP contribution in [0.25, 0.3) is 0 Å². The second kappa shape index (κ2) is 2.82. The molecular formula is C6H12N2O. The molecule has 3 N–H and O–H groups in total. The molecule has 3 heteroatoms. The van der Waals surface area contributed by atoms with Crippen molar-refractivity contribution in [1.82, 2.24) is 5.32 Å². The Kier molecular flexibility index (Phi) is 2.05. The Morgan fingerprint density at radius 1 is 1.56 bits per heavy atom. The molecule has 0 spiro atoms. The zero-order valence-corrected chi connectivity index (χ0v) is 5.39. The summed E-state index contributed by atoms with van der Waals surface area (Å²) in [4.78, 5) is 10.7. The van der Waals surface area contributed by atoms with Gasteiger partial charge in [0.15, 0.2) is 0 Å². The molecule has 0 aromatic rings. The minimum atomic E-state index is 0.142. The van der Waals surface area contributed by atoms with Crippen LogP contribution in [0.4, 0.5) is 0 Å². The zero-order chi connectivity index (χ0) is 6.69. The van der Waals surface area contributed by atoms with Gasteiger partial charge in [-0.05, 0) is 12.8 Å². The standard InChI is InChI=1S/C6H12N2O/c7-5-1-2-6(9)8-4-3-5/h5H,1-4,7H2,(H,8,9)/t5-/m1/s1. The third-order valence-electron chi connectivity index (χ3n) is 1.58. The van der Waals surface area contributed by atoms with Crippen molar-refractivity contribution in [2.24, 2.45) is 5.73 Å². The summed E-state index contributed by atoms with van der Waals surface area (Å²) >= 11 is 0. The average Bonchev–Trinajstić information content (AvgIpc) is 1.97. The Bertz CT molecular complexity index is 114. The van der Waals surface area contributed by atoms with E-state index in [0.29, 0.717) is 6.42 Å². The molecule has 1 fully saturated rings. The van der Waals surface area contributed by atoms with E-state index in [0.717, 1.165) is 19.4 Å². The monoisotopic (exact) mass is 128 g/mol. The fourth-order valence-electron chi connectivity index (χ4n) is 0.946. The summed E-state index contributed by atoms with van der Waals surface area (Å²) in [5.41, 5.74) is 5.60. The van der Waals surface area contributed by atoms with Crippen molar-refractivity contribution in [1.29, 1.82) is 0 Å². The van der Waals surface area contributed by atoms with E-state index < -0.39 is 0 Å². The smallest absolute Gasteiger partial charge is 0.220 e. The van der Waals surface area contributed by atoms with Crippen LogP contribution >= 0.6 is 0 Å². The highest BCUT2D eigenvalue weighted by molar-refractivity contribution is 5.76. The lowest BCUT2D eigenvalue weighted by molar-refractivity contribution is -0.120. The Hall–Kier alpha value is -0.570. The first-order valence-corrected chi connectivity index (χ1v) is 3.31. The molecule has 1 atom stereocenters. The molecule has 3 nitrogen and oxygen atoms in total. The highest BCUT2D eigenvalue weighted by atomic mass is 16.1. The van der Waals surface area contributed by atoms with Gasteiger partial charge in [-0.25, -0.2) is 0 Å². The molecule has 1 aliphatic heterocycles. The predicted octanol–water partition coefficient (Wildman–Crippen LogP) is -0.386. The van der Waals surface area contributed by atoms with Crippen LogP contribution in [0.1, 0.15) is 19.3 Å². The molecule has 0 saturated carbocycles. The van der Waals surface area contributed by atoms with Crippen LogP contribution in [0.3, 0.4) is 0 Å². The quantitative estimate of drug-likeness (QED) is 0.467. The van der Waals surface area contributed by atoms with Gasteiger partial charge in [-0.2, -0.15) is 0 Å². The van der Waals surface area contributed by atoms with E-state index in [1.807, 2.05) is 0 Å². The van der Waals surface area contributed by atoms with Gasteiger partial charge >= 0.3 is 0 Å². The largest absolute Gasteiger partial charge is 0.356 e. The molecule has 52 valence electrons. The summed E-state index contributed by atoms with van der Waals surface area (Å²) in [5, 5.41) is 2.76. The molecule has 1 rings (SSSR count). The van der Waals surface area contributed by atoms with Crippen LogP contribution in [0.5, 0.6) is 0 Å². The Balaban J connectivity index is 2.34. The molecule has 0 aromatic carbocycles. The molecule has 0 aliphatic carbocycles. The average molecular weight is 128 g/mol. The van der Waals surface area contributed by atoms with E-state index >= 15 is 0 Å². The van der Waals surface area contributed by atoms with E-state index in [1.165, 1.54) is 0 Å². The second-order valence-corrected chi connectivity index (χ2v) is 2.44. The molecule has 1 amide bonds. The van der Waals surface area contributed by atoms with Crippen molar-refractivity contribution in [3.05, 3.63) is 0 Å². The minimum absolute atomic E-state index is 0.142. The number of hydrogen-bond acceptors (Lipinski definition) is 2. The molecule has 1 saturated heterocycles. The summed E-state index contributed by atoms with van der Waals surface area (Å²) in [7, 11) is 0. The second-order valence-electron chi connectivity index (χ2n) is 2.44. The van der Waals surface area contributed by atoms with Crippen molar-refractivity contribution < 1.29 is 4.79 Å². The molecule has 0 radical (unpaired) electrons. The number of amides is 1. The van der Waals surface area contributed by atoms with Crippen LogP contribution in [-0.4, -0.2) is 18.5 Å². The van der Waals surface area contributed by atoms with Crippen LogP contribution in [-0.2, 0) is 4.79 Å². The van der Waals surface area contributed by atoms with E-state index in [2.05, 4.69) is 5.32 Å². The Labute approximate surface area is 54.6 Å². The first kappa shape index (κ1) is 6.55. The topological polar surface area (TPSA) is 55.1 Å². The lowest BCUT2D eigenvalue weighted by Gasteiger charge is -2.02. The van der Waals surface area contributed by atoms with E-state index in [4.69, 9.17) is 5.73 Å². The number of hydrogen-bond donors (Lipinski definition) is 2. The van der Waals surface area contributed by atoms with Gasteiger partial charge in [-0.1, -0.05) is 0 Å². The summed E-state index contributed by atoms with van der Waals surface area (Å²) in [6, 6.07) is 0.226. The minimum Gasteiger partial charge on any atom is -0.356 e. The van der Waals surface area contributed by atoms with Gasteiger partial charge in [0.2, 0.25) is 5.91 Å². The Morgan fingerprint density at radius 3 is 3.11 bits per heavy atom. The van der Waals surface area contributed by atoms with Gasteiger partial charge in [0.25, 0.3) is 0 Å². The molecule has 9 heavy (non-hydrogen) atoms. The summed E-state index contributed by atoms with van der Waals surface area (Å²) in [6.07, 6.45) is 2.36. The zero-order valence-electron chi connectivity index (χ0n) is 5.39. The van der Waals surface area contributed by atoms with Crippen molar-refractivity contribution >= 4 is 5.91 Å². The summed E-state index contributed by atoms with van der Waals surface area (Å²) < 4.78 is 0. The van der Waals surface area contributed by atoms with E-state index in [-0.39, 0.29) is 11.9 Å². The molecule has 0 bridgehead atoms. The van der Waals surface area contributed by atoms with E-state index in [9.17, 15) is 4.79 Å². The lowest BCUT2D eigenvalue weighted by atomic mass is 10.1. The van der Waals surface area contributed by atoms with Crippen LogP contribution < -0.4 is 11.1 Å². The van der Waals surface area contributed by atoms with Gasteiger partial charge < -0.3 is 11.1 Å². The van der Waals surface area contributed by atoms with Crippen LogP contribution in [0.15, 0.2) is 0 Å². The molecular weight excluding hydrogens is 116 g/mol. The number of carbonyl (C=O) groups excluding carboxylic acids is 1. The fourth-order valence-corrected chi connectivity index (χ4v) is 0.946. The van der Waals surface area contributed by atoms with Crippen molar-refractivity contribution in [2.45, 2.75) is 25.3 Å². The molecule has 1 heterocycles. The SMILES string of the molecule is N[C@H]1CCNC(=O)CC1. The molecule has 0 unspecified atom stereocenters. The van der Waals surface area contributed by atoms with Gasteiger partial charge in [-0.15, -0.1) is 0 Å². The molecule has 0 aromatic heterocycles. The third-order valence-corrected chi connectivity index (χ3v) is 1.58. The maximum Gasteiger partial charge on any atom is 0.220 e. The van der Waals surface area contributed by atoms with Crippen molar-refractivity contribution in [3.8, 4) is 0 Å². The fraction of sp³-hybridized carbons (Fsp3) is 0.833. The normalized spacial score (nSPS) is 29.0. The highest BCUT2D eigenvalue weighted by Crippen LogP contribution is 2.01. The number of rotatable bonds is 0. The number of nitrogens with one attached hydrogen (secondary N) is 1. The predicted molar refractivity (Wildman–Crippen MR) is 34.8 cm³/mol. The van der Waals surface area contributed by atoms with Gasteiger partial charge in [-0.3, -0.25) is 4.79 Å². The van der Waals surface area contributed by atoms with Gasteiger partial charge in [0.1, 0.15) is 0 Å². The highest BCUT2D eigenvalue weighted by Gasteiger charge is 2.10. The number of carbonyl (C=O) groups is 1.